The van der Waals surface area contributed by atoms with Gasteiger partial charge in [0.1, 0.15) is 58.6 Å². The lowest BCUT2D eigenvalue weighted by molar-refractivity contribution is 0.0945. The van der Waals surface area contributed by atoms with Gasteiger partial charge < -0.3 is 79.2 Å². The molecule has 0 radical (unpaired) electrons. The fourth-order valence-corrected chi connectivity index (χ4v) is 14.5. The van der Waals surface area contributed by atoms with Gasteiger partial charge in [-0.2, -0.15) is 0 Å². The molecule has 4 N–H and O–H groups in total. The summed E-state index contributed by atoms with van der Waals surface area (Å²) < 4.78 is 19.6. The number of piperazine rings is 4. The number of aryl methyl sites for hydroxylation is 1. The summed E-state index contributed by atoms with van der Waals surface area (Å²) in [7, 11) is 10.6. The maximum absolute atomic E-state index is 12.5. The second-order valence-corrected chi connectivity index (χ2v) is 31.1. The van der Waals surface area contributed by atoms with E-state index in [-0.39, 0.29) is 23.6 Å². The zero-order chi connectivity index (χ0) is 84.6. The first-order valence-electron chi connectivity index (χ1n) is 42.3. The van der Waals surface area contributed by atoms with Crippen molar-refractivity contribution in [2.24, 2.45) is 7.05 Å². The first-order chi connectivity index (χ1) is 59.6. The van der Waals surface area contributed by atoms with Gasteiger partial charge in [-0.1, -0.05) is 121 Å². The first kappa shape index (κ1) is 86.8. The van der Waals surface area contributed by atoms with Crippen molar-refractivity contribution in [3.05, 3.63) is 318 Å². The van der Waals surface area contributed by atoms with E-state index in [1.165, 1.54) is 16.5 Å². The summed E-state index contributed by atoms with van der Waals surface area (Å²) in [5.41, 5.74) is 9.38. The third-order valence-corrected chi connectivity index (χ3v) is 22.1. The number of nitrogens with zero attached hydrogens (tertiary/aromatic N) is 13. The Kier molecular flexibility index (Phi) is 31.9. The molecule has 0 unspecified atom stereocenters. The van der Waals surface area contributed by atoms with Crippen LogP contribution in [-0.4, -0.2) is 227 Å². The number of benzene rings is 7. The van der Waals surface area contributed by atoms with Crippen LogP contribution in [0.1, 0.15) is 69.2 Å². The average Bonchev–Trinajstić information content (AvgIpc) is 1.65. The third kappa shape index (κ3) is 26.5. The number of anilines is 4. The van der Waals surface area contributed by atoms with Gasteiger partial charge in [-0.05, 0) is 197 Å². The molecule has 12 aromatic rings. The monoisotopic (exact) mass is 1640 g/mol. The number of amides is 4. The Labute approximate surface area is 717 Å². The fourth-order valence-electron chi connectivity index (χ4n) is 14.5. The molecule has 0 saturated carbocycles. The van der Waals surface area contributed by atoms with E-state index in [4.69, 9.17) is 14.2 Å². The second kappa shape index (κ2) is 44.9. The SMILES string of the molecule is CN1CCN(c2ccc(C(=O)NCCc3ccc(OCc4ccccc4)cc3)cn2)CC1.CN1CCN(c2ccc(C(=O)NCCc3ccc(Oc4ccccc4)cc3)cn2)CC1.CN1CCN(c2ccc(C(=O)NCCc3cccc(Oc4ccccc4)c3)cn2)CC1.CN1CCN(c2ccc(C(=O)NCCc3cn(C)c4ccccc34)cn2)CC1. The number of nitrogens with one attached hydrogen (secondary N) is 4. The van der Waals surface area contributed by atoms with E-state index in [1.807, 2.05) is 218 Å². The van der Waals surface area contributed by atoms with E-state index < -0.39 is 0 Å². The molecule has 7 aromatic carbocycles. The number of hydrogen-bond donors (Lipinski definition) is 4. The van der Waals surface area contributed by atoms with Crippen molar-refractivity contribution >= 4 is 57.8 Å². The Hall–Kier alpha value is -13.0. The topological polar surface area (TPSA) is 226 Å². The fraction of sp³-hybridized carbons (Fsp3) is 0.306. The Balaban J connectivity index is 0.000000140. The van der Waals surface area contributed by atoms with E-state index in [0.29, 0.717) is 55.0 Å². The van der Waals surface area contributed by atoms with Crippen molar-refractivity contribution < 1.29 is 33.4 Å². The lowest BCUT2D eigenvalue weighted by Crippen LogP contribution is -2.44. The van der Waals surface area contributed by atoms with E-state index >= 15 is 0 Å². The molecule has 0 spiro atoms. The van der Waals surface area contributed by atoms with E-state index in [2.05, 4.69) is 145 Å². The number of aromatic nitrogens is 5. The smallest absolute Gasteiger partial charge is 0.252 e. The van der Waals surface area contributed by atoms with Gasteiger partial charge in [0, 0.05) is 180 Å². The van der Waals surface area contributed by atoms with Crippen LogP contribution >= 0.6 is 0 Å². The normalized spacial score (nSPS) is 14.5. The van der Waals surface area contributed by atoms with Crippen LogP contribution in [0.25, 0.3) is 10.9 Å². The van der Waals surface area contributed by atoms with Crippen molar-refractivity contribution in [2.45, 2.75) is 32.3 Å². The molecule has 24 heteroatoms. The Morgan fingerprint density at radius 1 is 0.303 bits per heavy atom. The van der Waals surface area contributed by atoms with Crippen molar-refractivity contribution in [1.82, 2.24) is 65.4 Å². The zero-order valence-corrected chi connectivity index (χ0v) is 70.8. The lowest BCUT2D eigenvalue weighted by atomic mass is 10.1. The van der Waals surface area contributed by atoms with Crippen LogP contribution in [0.4, 0.5) is 23.3 Å². The van der Waals surface area contributed by atoms with Crippen LogP contribution in [0.5, 0.6) is 28.7 Å². The predicted octanol–water partition coefficient (Wildman–Crippen LogP) is 12.9. The average molecular weight is 1640 g/mol. The summed E-state index contributed by atoms with van der Waals surface area (Å²) in [5.74, 6) is 7.43. The lowest BCUT2D eigenvalue weighted by Gasteiger charge is -2.33. The maximum Gasteiger partial charge on any atom is 0.252 e. The van der Waals surface area contributed by atoms with Crippen LogP contribution in [0.2, 0.25) is 0 Å². The van der Waals surface area contributed by atoms with Crippen LogP contribution in [0.15, 0.2) is 268 Å². The summed E-state index contributed by atoms with van der Waals surface area (Å²) >= 11 is 0. The van der Waals surface area contributed by atoms with E-state index in [1.54, 1.807) is 24.8 Å². The van der Waals surface area contributed by atoms with Crippen LogP contribution in [0.3, 0.4) is 0 Å². The van der Waals surface area contributed by atoms with Gasteiger partial charge in [-0.3, -0.25) is 19.2 Å². The van der Waals surface area contributed by atoms with Crippen molar-refractivity contribution in [2.75, 3.05) is 179 Å². The van der Waals surface area contributed by atoms with Crippen molar-refractivity contribution in [1.29, 1.82) is 0 Å². The van der Waals surface area contributed by atoms with Gasteiger partial charge in [0.25, 0.3) is 23.6 Å². The van der Waals surface area contributed by atoms with Crippen molar-refractivity contribution in [3.8, 4) is 28.7 Å². The summed E-state index contributed by atoms with van der Waals surface area (Å²) in [6.07, 6.45) is 11.9. The Morgan fingerprint density at radius 3 is 1.01 bits per heavy atom. The van der Waals surface area contributed by atoms with Gasteiger partial charge >= 0.3 is 0 Å². The number of pyridine rings is 4. The number of likely N-dealkylation sites (N-methyl/N-ethyl adjacent to an activating group) is 4. The number of carbonyl (C=O) groups is 4. The molecular weight excluding hydrogens is 1530 g/mol. The highest BCUT2D eigenvalue weighted by Crippen LogP contribution is 2.27. The van der Waals surface area contributed by atoms with Gasteiger partial charge in [0.15, 0.2) is 0 Å². The number of carbonyl (C=O) groups excluding carboxylic acids is 4. The van der Waals surface area contributed by atoms with Gasteiger partial charge in [-0.15, -0.1) is 0 Å². The Morgan fingerprint density at radius 2 is 0.623 bits per heavy atom. The molecule has 632 valence electrons. The highest BCUT2D eigenvalue weighted by molar-refractivity contribution is 5.96. The number of para-hydroxylation sites is 3. The minimum atomic E-state index is -0.103. The molecule has 122 heavy (non-hydrogen) atoms. The largest absolute Gasteiger partial charge is 0.489 e. The standard InChI is InChI=1S/C26H30N4O2.2C25H28N4O2.C22H27N5O/c1-29-15-17-30(18-16-29)25-12-9-23(19-28-25)26(31)27-14-13-21-7-10-24(11-8-21)32-20-22-5-3-2-4-6-22;1-28-14-16-29(17-15-28)24-11-10-21(19-27-24)25(30)26-13-12-20-6-5-9-23(18-20)31-22-7-3-2-4-8-22;1-28-15-17-29(18-16-28)24-12-9-21(19-27-24)25(30)26-14-13-20-7-10-23(11-8-20)31-22-5-3-2-4-6-22;1-25-11-13-27(14-12-25)21-8-7-17(15-24-21)22(28)23-10-9-18-16-26(2)20-6-4-3-5-19(18)20/h2-12,19H,13-18,20H2,1H3,(H,27,31);2-11,18-19H,12-17H2,1H3,(H,26,30);2-12,19H,13-18H2,1H3,(H,26,30);3-8,15-16H,9-14H2,1-2H3,(H,23,28). The highest BCUT2D eigenvalue weighted by atomic mass is 16.5. The molecule has 4 fully saturated rings. The number of rotatable bonds is 27. The van der Waals surface area contributed by atoms with Crippen LogP contribution in [0, 0.1) is 0 Å². The van der Waals surface area contributed by atoms with Gasteiger partial charge in [0.2, 0.25) is 0 Å². The molecule has 4 aliphatic rings. The minimum Gasteiger partial charge on any atom is -0.489 e. The summed E-state index contributed by atoms with van der Waals surface area (Å²) in [6.45, 7) is 18.8. The van der Waals surface area contributed by atoms with Crippen molar-refractivity contribution in [3.63, 3.8) is 0 Å². The maximum atomic E-state index is 12.5. The summed E-state index contributed by atoms with van der Waals surface area (Å²) in [5, 5.41) is 13.2. The quantitative estimate of drug-likeness (QED) is 0.0375. The molecule has 24 nitrogen and oxygen atoms in total. The predicted molar refractivity (Wildman–Crippen MR) is 486 cm³/mol. The second-order valence-electron chi connectivity index (χ2n) is 31.1. The molecule has 0 atom stereocenters. The summed E-state index contributed by atoms with van der Waals surface area (Å²) in [6, 6.07) is 77.0. The molecule has 9 heterocycles. The molecule has 4 aliphatic heterocycles. The number of fused-ring (bicyclic) bond motifs is 1. The first-order valence-corrected chi connectivity index (χ1v) is 42.3. The van der Waals surface area contributed by atoms with E-state index in [0.717, 1.165) is 205 Å². The number of hydrogen-bond acceptors (Lipinski definition) is 19. The van der Waals surface area contributed by atoms with E-state index in [9.17, 15) is 19.2 Å². The molecule has 4 amide bonds. The highest BCUT2D eigenvalue weighted by Gasteiger charge is 2.22. The molecule has 0 bridgehead atoms. The molecule has 5 aromatic heterocycles. The van der Waals surface area contributed by atoms with Crippen LogP contribution < -0.4 is 55.1 Å². The van der Waals surface area contributed by atoms with Gasteiger partial charge in [0.05, 0.1) is 22.3 Å². The summed E-state index contributed by atoms with van der Waals surface area (Å²) in [4.78, 5) is 86.1. The van der Waals surface area contributed by atoms with Gasteiger partial charge in [-0.25, -0.2) is 19.9 Å². The zero-order valence-electron chi connectivity index (χ0n) is 70.8. The van der Waals surface area contributed by atoms with Crippen LogP contribution in [-0.2, 0) is 39.3 Å². The number of ether oxygens (including phenoxy) is 3. The third-order valence-electron chi connectivity index (χ3n) is 22.1. The minimum absolute atomic E-state index is 0.0716. The molecular formula is C98H113N17O7. The molecule has 16 rings (SSSR count). The molecule has 0 aliphatic carbocycles. The molecule has 4 saturated heterocycles. The Bertz CT molecular complexity index is 5200.